The van der Waals surface area contributed by atoms with Gasteiger partial charge in [0.2, 0.25) is 0 Å². The molecule has 162 valence electrons. The monoisotopic (exact) mass is 500 g/mol. The van der Waals surface area contributed by atoms with E-state index in [0.717, 1.165) is 26.7 Å². The van der Waals surface area contributed by atoms with Gasteiger partial charge < -0.3 is 5.32 Å². The highest BCUT2D eigenvalue weighted by Crippen LogP contribution is 2.30. The van der Waals surface area contributed by atoms with Crippen LogP contribution in [0.4, 0.5) is 13.2 Å². The van der Waals surface area contributed by atoms with Crippen LogP contribution >= 0.6 is 15.9 Å². The van der Waals surface area contributed by atoms with E-state index in [4.69, 9.17) is 0 Å². The van der Waals surface area contributed by atoms with Crippen molar-refractivity contribution in [2.45, 2.75) is 12.7 Å². The maximum absolute atomic E-state index is 13.3. The molecule has 32 heavy (non-hydrogen) atoms. The maximum atomic E-state index is 13.3. The summed E-state index contributed by atoms with van der Waals surface area (Å²) in [6.07, 6.45) is -4.56. The average molecular weight is 501 g/mol. The van der Waals surface area contributed by atoms with E-state index in [2.05, 4.69) is 21.2 Å². The lowest BCUT2D eigenvalue weighted by Crippen LogP contribution is -2.32. The van der Waals surface area contributed by atoms with Gasteiger partial charge in [0, 0.05) is 16.7 Å². The van der Waals surface area contributed by atoms with Crippen molar-refractivity contribution < 1.29 is 18.0 Å². The second-order valence-corrected chi connectivity index (χ2v) is 8.03. The van der Waals surface area contributed by atoms with E-state index in [1.54, 1.807) is 24.3 Å². The topological polar surface area (TPSA) is 51.1 Å². The SMILES string of the molecule is O=C(NCc1ccc(Br)cc1)c1cc2ccccc2n(-c2cccc(C(F)(F)F)c2)c1=O. The Bertz CT molecular complexity index is 1360. The average Bonchev–Trinajstić information content (AvgIpc) is 2.77. The normalized spacial score (nSPS) is 11.5. The van der Waals surface area contributed by atoms with Crippen LogP contribution in [0.3, 0.4) is 0 Å². The van der Waals surface area contributed by atoms with Crippen LogP contribution in [0.5, 0.6) is 0 Å². The van der Waals surface area contributed by atoms with Crippen molar-refractivity contribution in [3.05, 3.63) is 110 Å². The standard InChI is InChI=1S/C24H16BrF3N2O2/c25-18-10-8-15(9-11-18)14-29-22(31)20-12-16-4-1-2-7-21(16)30(23(20)32)19-6-3-5-17(13-19)24(26,27)28/h1-13H,14H2,(H,29,31). The molecule has 0 bridgehead atoms. The molecule has 0 atom stereocenters. The smallest absolute Gasteiger partial charge is 0.348 e. The van der Waals surface area contributed by atoms with E-state index in [0.29, 0.717) is 10.9 Å². The van der Waals surface area contributed by atoms with Gasteiger partial charge in [-0.25, -0.2) is 0 Å². The zero-order valence-corrected chi connectivity index (χ0v) is 18.1. The lowest BCUT2D eigenvalue weighted by atomic mass is 10.1. The van der Waals surface area contributed by atoms with Crippen molar-refractivity contribution in [1.29, 1.82) is 0 Å². The second-order valence-electron chi connectivity index (χ2n) is 7.11. The molecule has 0 saturated carbocycles. The number of hydrogen-bond acceptors (Lipinski definition) is 2. The highest BCUT2D eigenvalue weighted by molar-refractivity contribution is 9.10. The molecule has 0 unspecified atom stereocenters. The number of alkyl halides is 3. The van der Waals surface area contributed by atoms with Gasteiger partial charge in [-0.3, -0.25) is 14.2 Å². The number of rotatable bonds is 4. The van der Waals surface area contributed by atoms with Gasteiger partial charge in [-0.15, -0.1) is 0 Å². The molecule has 4 rings (SSSR count). The number of fused-ring (bicyclic) bond motifs is 1. The number of nitrogens with zero attached hydrogens (tertiary/aromatic N) is 1. The number of carbonyl (C=O) groups excluding carboxylic acids is 1. The Hall–Kier alpha value is -3.39. The van der Waals surface area contributed by atoms with Crippen molar-refractivity contribution in [1.82, 2.24) is 9.88 Å². The van der Waals surface area contributed by atoms with Crippen LogP contribution in [-0.2, 0) is 12.7 Å². The first-order valence-electron chi connectivity index (χ1n) is 9.59. The molecule has 0 spiro atoms. The van der Waals surface area contributed by atoms with Crippen LogP contribution in [0.1, 0.15) is 21.5 Å². The molecule has 4 aromatic rings. The molecule has 1 N–H and O–H groups in total. The van der Waals surface area contributed by atoms with Crippen LogP contribution in [0.15, 0.2) is 88.1 Å². The first-order chi connectivity index (χ1) is 15.2. The molecular weight excluding hydrogens is 485 g/mol. The van der Waals surface area contributed by atoms with Gasteiger partial charge in [0.05, 0.1) is 11.1 Å². The molecule has 0 fully saturated rings. The molecule has 1 heterocycles. The Morgan fingerprint density at radius 1 is 0.938 bits per heavy atom. The van der Waals surface area contributed by atoms with Gasteiger partial charge in [0.15, 0.2) is 0 Å². The molecule has 1 amide bonds. The number of pyridine rings is 1. The second kappa shape index (κ2) is 8.63. The van der Waals surface area contributed by atoms with Crippen molar-refractivity contribution in [3.8, 4) is 5.69 Å². The molecule has 0 aliphatic rings. The van der Waals surface area contributed by atoms with Crippen LogP contribution in [0, 0.1) is 0 Å². The summed E-state index contributed by atoms with van der Waals surface area (Å²) in [5, 5.41) is 3.26. The fraction of sp³-hybridized carbons (Fsp3) is 0.0833. The Kier molecular flexibility index (Phi) is 5.88. The van der Waals surface area contributed by atoms with Crippen LogP contribution in [0.2, 0.25) is 0 Å². The number of para-hydroxylation sites is 1. The van der Waals surface area contributed by atoms with Crippen molar-refractivity contribution in [2.24, 2.45) is 0 Å². The minimum atomic E-state index is -4.56. The number of carbonyl (C=O) groups is 1. The minimum absolute atomic E-state index is 0.0311. The van der Waals surface area contributed by atoms with Crippen molar-refractivity contribution in [2.75, 3.05) is 0 Å². The summed E-state index contributed by atoms with van der Waals surface area (Å²) in [4.78, 5) is 26.1. The van der Waals surface area contributed by atoms with Gasteiger partial charge in [0.1, 0.15) is 5.56 Å². The number of hydrogen-bond donors (Lipinski definition) is 1. The Labute approximate surface area is 189 Å². The molecule has 8 heteroatoms. The summed E-state index contributed by atoms with van der Waals surface area (Å²) in [6, 6.07) is 20.0. The van der Waals surface area contributed by atoms with E-state index in [1.165, 1.54) is 18.2 Å². The quantitative estimate of drug-likeness (QED) is 0.390. The zero-order chi connectivity index (χ0) is 22.9. The van der Waals surface area contributed by atoms with Crippen LogP contribution in [-0.4, -0.2) is 10.5 Å². The summed E-state index contributed by atoms with van der Waals surface area (Å²) in [5.41, 5.74) is -0.462. The van der Waals surface area contributed by atoms with Gasteiger partial charge in [0.25, 0.3) is 11.5 Å². The van der Waals surface area contributed by atoms with Crippen LogP contribution < -0.4 is 10.9 Å². The summed E-state index contributed by atoms with van der Waals surface area (Å²) in [7, 11) is 0. The number of nitrogens with one attached hydrogen (secondary N) is 1. The molecule has 1 aromatic heterocycles. The van der Waals surface area contributed by atoms with E-state index < -0.39 is 23.2 Å². The third kappa shape index (κ3) is 4.45. The lowest BCUT2D eigenvalue weighted by Gasteiger charge is -2.15. The summed E-state index contributed by atoms with van der Waals surface area (Å²) >= 11 is 3.34. The summed E-state index contributed by atoms with van der Waals surface area (Å²) in [5.74, 6) is -0.607. The summed E-state index contributed by atoms with van der Waals surface area (Å²) in [6.45, 7) is 0.196. The first kappa shape index (κ1) is 21.8. The van der Waals surface area contributed by atoms with Gasteiger partial charge >= 0.3 is 6.18 Å². The van der Waals surface area contributed by atoms with Crippen molar-refractivity contribution >= 4 is 32.7 Å². The molecule has 0 aliphatic heterocycles. The van der Waals surface area contributed by atoms with E-state index >= 15 is 0 Å². The molecule has 0 aliphatic carbocycles. The fourth-order valence-electron chi connectivity index (χ4n) is 3.38. The van der Waals surface area contributed by atoms with E-state index in [-0.39, 0.29) is 17.8 Å². The molecular formula is C24H16BrF3N2O2. The van der Waals surface area contributed by atoms with E-state index in [1.807, 2.05) is 24.3 Å². The molecule has 3 aromatic carbocycles. The predicted octanol–water partition coefficient (Wildman–Crippen LogP) is 5.70. The fourth-order valence-corrected chi connectivity index (χ4v) is 3.64. The molecule has 4 nitrogen and oxygen atoms in total. The van der Waals surface area contributed by atoms with Gasteiger partial charge in [-0.2, -0.15) is 13.2 Å². The number of benzene rings is 3. The molecule has 0 saturated heterocycles. The highest BCUT2D eigenvalue weighted by atomic mass is 79.9. The number of amides is 1. The lowest BCUT2D eigenvalue weighted by molar-refractivity contribution is -0.137. The van der Waals surface area contributed by atoms with E-state index in [9.17, 15) is 22.8 Å². The largest absolute Gasteiger partial charge is 0.416 e. The first-order valence-corrected chi connectivity index (χ1v) is 10.4. The zero-order valence-electron chi connectivity index (χ0n) is 16.5. The minimum Gasteiger partial charge on any atom is -0.348 e. The van der Waals surface area contributed by atoms with Gasteiger partial charge in [-0.05, 0) is 53.4 Å². The van der Waals surface area contributed by atoms with Gasteiger partial charge in [-0.1, -0.05) is 52.3 Å². The maximum Gasteiger partial charge on any atom is 0.416 e. The van der Waals surface area contributed by atoms with Crippen LogP contribution in [0.25, 0.3) is 16.6 Å². The molecule has 0 radical (unpaired) electrons. The Morgan fingerprint density at radius 2 is 1.66 bits per heavy atom. The number of halogens is 4. The predicted molar refractivity (Wildman–Crippen MR) is 120 cm³/mol. The van der Waals surface area contributed by atoms with Crippen molar-refractivity contribution in [3.63, 3.8) is 0 Å². The Balaban J connectivity index is 1.79. The number of aromatic nitrogens is 1. The third-order valence-corrected chi connectivity index (χ3v) is 5.48. The summed E-state index contributed by atoms with van der Waals surface area (Å²) < 4.78 is 41.7. The highest BCUT2D eigenvalue weighted by Gasteiger charge is 2.30. The third-order valence-electron chi connectivity index (χ3n) is 4.95. The Morgan fingerprint density at radius 3 is 2.38 bits per heavy atom.